The molecule has 0 unspecified atom stereocenters. The van der Waals surface area contributed by atoms with Gasteiger partial charge in [0.2, 0.25) is 0 Å². The zero-order valence-corrected chi connectivity index (χ0v) is 12.7. The number of hydrogen-bond acceptors (Lipinski definition) is 3. The SMILES string of the molecule is CC(C)(C)OC(=O)NCC=Cc1ccc(Cl)c(CO)c1. The Kier molecular flexibility index (Phi) is 6.05. The van der Waals surface area contributed by atoms with Gasteiger partial charge in [-0.1, -0.05) is 29.8 Å². The average Bonchev–Trinajstić information content (AvgIpc) is 2.34. The Bertz CT molecular complexity index is 492. The van der Waals surface area contributed by atoms with Crippen LogP contribution >= 0.6 is 11.6 Å². The van der Waals surface area contributed by atoms with Crippen molar-refractivity contribution < 1.29 is 14.6 Å². The molecule has 0 saturated carbocycles. The van der Waals surface area contributed by atoms with Crippen molar-refractivity contribution in [3.05, 3.63) is 40.4 Å². The highest BCUT2D eigenvalue weighted by Crippen LogP contribution is 2.18. The van der Waals surface area contributed by atoms with Crippen LogP contribution in [0.15, 0.2) is 24.3 Å². The largest absolute Gasteiger partial charge is 0.444 e. The molecule has 0 aliphatic carbocycles. The van der Waals surface area contributed by atoms with Crippen molar-refractivity contribution in [2.24, 2.45) is 0 Å². The van der Waals surface area contributed by atoms with Gasteiger partial charge in [-0.15, -0.1) is 0 Å². The Hall–Kier alpha value is -1.52. The van der Waals surface area contributed by atoms with Crippen molar-refractivity contribution >= 4 is 23.8 Å². The van der Waals surface area contributed by atoms with Gasteiger partial charge in [-0.25, -0.2) is 4.79 Å². The van der Waals surface area contributed by atoms with Crippen LogP contribution in [0.3, 0.4) is 0 Å². The van der Waals surface area contributed by atoms with Gasteiger partial charge in [0.25, 0.3) is 0 Å². The molecule has 0 bridgehead atoms. The summed E-state index contributed by atoms with van der Waals surface area (Å²) in [6, 6.07) is 5.37. The summed E-state index contributed by atoms with van der Waals surface area (Å²) in [4.78, 5) is 11.4. The van der Waals surface area contributed by atoms with Gasteiger partial charge in [-0.05, 0) is 44.0 Å². The lowest BCUT2D eigenvalue weighted by Gasteiger charge is -2.19. The second-order valence-electron chi connectivity index (χ2n) is 5.29. The number of carbonyl (C=O) groups excluding carboxylic acids is 1. The Balaban J connectivity index is 2.47. The molecule has 1 aromatic carbocycles. The predicted molar refractivity (Wildman–Crippen MR) is 80.6 cm³/mol. The monoisotopic (exact) mass is 297 g/mol. The zero-order chi connectivity index (χ0) is 15.2. The van der Waals surface area contributed by atoms with Crippen LogP contribution in [-0.2, 0) is 11.3 Å². The van der Waals surface area contributed by atoms with Gasteiger partial charge in [-0.3, -0.25) is 0 Å². The van der Waals surface area contributed by atoms with Crippen LogP contribution < -0.4 is 5.32 Å². The van der Waals surface area contributed by atoms with Gasteiger partial charge in [0, 0.05) is 11.6 Å². The second kappa shape index (κ2) is 7.31. The predicted octanol–water partition coefficient (Wildman–Crippen LogP) is 3.37. The van der Waals surface area contributed by atoms with Crippen molar-refractivity contribution in [1.29, 1.82) is 0 Å². The molecule has 0 aliphatic heterocycles. The number of nitrogens with one attached hydrogen (secondary N) is 1. The summed E-state index contributed by atoms with van der Waals surface area (Å²) in [5.74, 6) is 0. The van der Waals surface area contributed by atoms with Crippen LogP contribution in [-0.4, -0.2) is 23.3 Å². The molecule has 0 atom stereocenters. The first-order valence-corrected chi connectivity index (χ1v) is 6.72. The highest BCUT2D eigenvalue weighted by molar-refractivity contribution is 6.31. The number of carbonyl (C=O) groups is 1. The van der Waals surface area contributed by atoms with E-state index in [0.717, 1.165) is 5.56 Å². The Morgan fingerprint density at radius 3 is 2.75 bits per heavy atom. The van der Waals surface area contributed by atoms with E-state index < -0.39 is 11.7 Å². The molecular weight excluding hydrogens is 278 g/mol. The molecule has 0 fully saturated rings. The molecule has 0 spiro atoms. The minimum absolute atomic E-state index is 0.101. The first-order chi connectivity index (χ1) is 9.31. The molecule has 1 aromatic rings. The second-order valence-corrected chi connectivity index (χ2v) is 5.70. The molecule has 20 heavy (non-hydrogen) atoms. The van der Waals surface area contributed by atoms with E-state index in [4.69, 9.17) is 21.4 Å². The Morgan fingerprint density at radius 2 is 2.15 bits per heavy atom. The molecule has 4 nitrogen and oxygen atoms in total. The van der Waals surface area contributed by atoms with Gasteiger partial charge >= 0.3 is 6.09 Å². The quantitative estimate of drug-likeness (QED) is 0.896. The summed E-state index contributed by atoms with van der Waals surface area (Å²) in [5.41, 5.74) is 1.08. The van der Waals surface area contributed by atoms with Gasteiger partial charge in [-0.2, -0.15) is 0 Å². The summed E-state index contributed by atoms with van der Waals surface area (Å²) < 4.78 is 5.11. The minimum Gasteiger partial charge on any atom is -0.444 e. The third-order valence-corrected chi connectivity index (χ3v) is 2.68. The van der Waals surface area contributed by atoms with Crippen molar-refractivity contribution in [3.8, 4) is 0 Å². The van der Waals surface area contributed by atoms with Crippen molar-refractivity contribution in [2.45, 2.75) is 33.0 Å². The number of alkyl carbamates (subject to hydrolysis) is 1. The van der Waals surface area contributed by atoms with E-state index in [1.165, 1.54) is 0 Å². The smallest absolute Gasteiger partial charge is 0.407 e. The van der Waals surface area contributed by atoms with Crippen molar-refractivity contribution in [2.75, 3.05) is 6.54 Å². The highest BCUT2D eigenvalue weighted by atomic mass is 35.5. The molecule has 0 aliphatic rings. The molecular formula is C15H20ClNO3. The number of hydrogen-bond donors (Lipinski definition) is 2. The summed E-state index contributed by atoms with van der Waals surface area (Å²) in [6.45, 7) is 5.70. The fraction of sp³-hybridized carbons (Fsp3) is 0.400. The maximum atomic E-state index is 11.4. The number of halogens is 1. The van der Waals surface area contributed by atoms with Gasteiger partial charge in [0.05, 0.1) is 6.61 Å². The standard InChI is InChI=1S/C15H20ClNO3/c1-15(2,3)20-14(19)17-8-4-5-11-6-7-13(16)12(9-11)10-18/h4-7,9,18H,8,10H2,1-3H3,(H,17,19). The van der Waals surface area contributed by atoms with E-state index in [2.05, 4.69) is 5.32 Å². The molecule has 110 valence electrons. The molecule has 0 aromatic heterocycles. The molecule has 5 heteroatoms. The van der Waals surface area contributed by atoms with Crippen LogP contribution in [0.5, 0.6) is 0 Å². The van der Waals surface area contributed by atoms with Crippen LogP contribution in [0.25, 0.3) is 6.08 Å². The fourth-order valence-electron chi connectivity index (χ4n) is 1.47. The third kappa shape index (κ3) is 6.08. The molecule has 0 heterocycles. The number of aliphatic hydroxyl groups is 1. The van der Waals surface area contributed by atoms with Gasteiger partial charge in [0.1, 0.15) is 5.60 Å². The van der Waals surface area contributed by atoms with E-state index in [0.29, 0.717) is 17.1 Å². The van der Waals surface area contributed by atoms with Crippen LogP contribution in [0.1, 0.15) is 31.9 Å². The van der Waals surface area contributed by atoms with Crippen molar-refractivity contribution in [3.63, 3.8) is 0 Å². The lowest BCUT2D eigenvalue weighted by molar-refractivity contribution is 0.0534. The molecule has 0 saturated heterocycles. The first kappa shape index (κ1) is 16.5. The Morgan fingerprint density at radius 1 is 1.45 bits per heavy atom. The highest BCUT2D eigenvalue weighted by Gasteiger charge is 2.14. The summed E-state index contributed by atoms with van der Waals surface area (Å²) in [6.07, 6.45) is 3.19. The number of benzene rings is 1. The van der Waals surface area contributed by atoms with Gasteiger partial charge in [0.15, 0.2) is 0 Å². The maximum absolute atomic E-state index is 11.4. The number of amides is 1. The number of ether oxygens (including phenoxy) is 1. The van der Waals surface area contributed by atoms with E-state index in [1.54, 1.807) is 18.2 Å². The van der Waals surface area contributed by atoms with E-state index >= 15 is 0 Å². The molecule has 1 amide bonds. The number of aliphatic hydroxyl groups excluding tert-OH is 1. The van der Waals surface area contributed by atoms with Crippen LogP contribution in [0.4, 0.5) is 4.79 Å². The summed E-state index contributed by atoms with van der Waals surface area (Å²) in [5, 5.41) is 12.3. The molecule has 1 rings (SSSR count). The topological polar surface area (TPSA) is 58.6 Å². The molecule has 2 N–H and O–H groups in total. The minimum atomic E-state index is -0.500. The molecule has 0 radical (unpaired) electrons. The average molecular weight is 298 g/mol. The maximum Gasteiger partial charge on any atom is 0.407 e. The lowest BCUT2D eigenvalue weighted by Crippen LogP contribution is -2.32. The van der Waals surface area contributed by atoms with E-state index in [-0.39, 0.29) is 6.61 Å². The van der Waals surface area contributed by atoms with Gasteiger partial charge < -0.3 is 15.2 Å². The fourth-order valence-corrected chi connectivity index (χ4v) is 1.65. The van der Waals surface area contributed by atoms with E-state index in [1.807, 2.05) is 32.9 Å². The number of rotatable bonds is 4. The van der Waals surface area contributed by atoms with E-state index in [9.17, 15) is 4.79 Å². The van der Waals surface area contributed by atoms with Crippen LogP contribution in [0, 0.1) is 0 Å². The third-order valence-electron chi connectivity index (χ3n) is 2.31. The summed E-state index contributed by atoms with van der Waals surface area (Å²) >= 11 is 5.90. The zero-order valence-electron chi connectivity index (χ0n) is 11.9. The normalized spacial score (nSPS) is 11.7. The summed E-state index contributed by atoms with van der Waals surface area (Å²) in [7, 11) is 0. The lowest BCUT2D eigenvalue weighted by atomic mass is 10.1. The Labute approximate surface area is 124 Å². The van der Waals surface area contributed by atoms with Crippen LogP contribution in [0.2, 0.25) is 5.02 Å². The first-order valence-electron chi connectivity index (χ1n) is 6.34. The van der Waals surface area contributed by atoms with Crippen molar-refractivity contribution in [1.82, 2.24) is 5.32 Å².